The molecule has 6 nitrogen and oxygen atoms in total. The normalized spacial score (nSPS) is 24.0. The maximum absolute atomic E-state index is 12.3. The van der Waals surface area contributed by atoms with E-state index in [1.165, 1.54) is 0 Å². The molecule has 0 saturated carbocycles. The fourth-order valence-corrected chi connectivity index (χ4v) is 4.02. The molecule has 2 rings (SSSR count). The van der Waals surface area contributed by atoms with Gasteiger partial charge in [-0.1, -0.05) is 6.92 Å². The van der Waals surface area contributed by atoms with Gasteiger partial charge in [-0.05, 0) is 44.9 Å². The highest BCUT2D eigenvalue weighted by Crippen LogP contribution is 2.33. The van der Waals surface area contributed by atoms with Crippen LogP contribution < -0.4 is 0 Å². The van der Waals surface area contributed by atoms with Crippen molar-refractivity contribution >= 4 is 23.5 Å². The van der Waals surface area contributed by atoms with Crippen LogP contribution in [0, 0.1) is 5.92 Å². The molecule has 2 unspecified atom stereocenters. The second kappa shape index (κ2) is 11.2. The molecule has 2 atom stereocenters. The van der Waals surface area contributed by atoms with Crippen LogP contribution >= 0.6 is 0 Å². The lowest BCUT2D eigenvalue weighted by atomic mass is 9.83. The van der Waals surface area contributed by atoms with Gasteiger partial charge in [0.1, 0.15) is 23.8 Å². The summed E-state index contributed by atoms with van der Waals surface area (Å²) in [5.74, 6) is -0.206. The van der Waals surface area contributed by atoms with E-state index in [4.69, 9.17) is 9.47 Å². The summed E-state index contributed by atoms with van der Waals surface area (Å²) in [5, 5.41) is 0. The van der Waals surface area contributed by atoms with Crippen molar-refractivity contribution in [3.05, 3.63) is 0 Å². The van der Waals surface area contributed by atoms with Crippen LogP contribution in [0.4, 0.5) is 0 Å². The summed E-state index contributed by atoms with van der Waals surface area (Å²) in [6.45, 7) is 1.97. The van der Waals surface area contributed by atoms with E-state index >= 15 is 0 Å². The van der Waals surface area contributed by atoms with Gasteiger partial charge < -0.3 is 9.47 Å². The third-order valence-corrected chi connectivity index (χ3v) is 5.46. The summed E-state index contributed by atoms with van der Waals surface area (Å²) >= 11 is 0. The van der Waals surface area contributed by atoms with Crippen LogP contribution in [-0.4, -0.2) is 35.7 Å². The number of cyclic esters (lactones) is 2. The molecule has 0 aliphatic carbocycles. The summed E-state index contributed by atoms with van der Waals surface area (Å²) in [5.41, 5.74) is 0. The van der Waals surface area contributed by atoms with Gasteiger partial charge in [0.15, 0.2) is 0 Å². The van der Waals surface area contributed by atoms with Crippen molar-refractivity contribution in [1.29, 1.82) is 0 Å². The Hall–Kier alpha value is -1.72. The Bertz CT molecular complexity index is 513. The van der Waals surface area contributed by atoms with Gasteiger partial charge in [-0.3, -0.25) is 19.2 Å². The maximum Gasteiger partial charge on any atom is 0.306 e. The van der Waals surface area contributed by atoms with E-state index in [9.17, 15) is 19.2 Å². The molecule has 0 bridgehead atoms. The molecule has 0 aromatic carbocycles. The predicted octanol–water partition coefficient (Wildman–Crippen LogP) is 3.68. The molecule has 0 radical (unpaired) electrons. The second-order valence-corrected chi connectivity index (χ2v) is 7.72. The van der Waals surface area contributed by atoms with Crippen molar-refractivity contribution in [2.45, 2.75) is 103 Å². The highest BCUT2D eigenvalue weighted by Gasteiger charge is 2.37. The van der Waals surface area contributed by atoms with E-state index in [0.717, 1.165) is 32.1 Å². The summed E-state index contributed by atoms with van der Waals surface area (Å²) in [6.07, 6.45) is 7.16. The molecule has 2 saturated heterocycles. The van der Waals surface area contributed by atoms with Crippen molar-refractivity contribution < 1.29 is 28.7 Å². The van der Waals surface area contributed by atoms with Crippen LogP contribution in [0.5, 0.6) is 0 Å². The SMILES string of the molecule is CCCC(=O)CCCC(=O)CCC(C1CCCC(=O)O1)C1CCCC(=O)O1. The monoisotopic (exact) mass is 380 g/mol. The van der Waals surface area contributed by atoms with E-state index in [1.54, 1.807) is 0 Å². The summed E-state index contributed by atoms with van der Waals surface area (Å²) in [4.78, 5) is 47.2. The first-order chi connectivity index (χ1) is 13.0. The van der Waals surface area contributed by atoms with Gasteiger partial charge in [-0.2, -0.15) is 0 Å². The average molecular weight is 380 g/mol. The Morgan fingerprint density at radius 2 is 1.41 bits per heavy atom. The quantitative estimate of drug-likeness (QED) is 0.508. The lowest BCUT2D eigenvalue weighted by molar-refractivity contribution is -0.170. The van der Waals surface area contributed by atoms with Gasteiger partial charge in [0, 0.05) is 44.4 Å². The molecule has 2 heterocycles. The molecular formula is C21H32O6. The van der Waals surface area contributed by atoms with Gasteiger partial charge in [0.05, 0.1) is 0 Å². The highest BCUT2D eigenvalue weighted by molar-refractivity contribution is 5.81. The smallest absolute Gasteiger partial charge is 0.306 e. The lowest BCUT2D eigenvalue weighted by Crippen LogP contribution is -2.41. The van der Waals surface area contributed by atoms with E-state index in [0.29, 0.717) is 51.4 Å². The number of hydrogen-bond acceptors (Lipinski definition) is 6. The Kier molecular flexibility index (Phi) is 8.95. The fraction of sp³-hybridized carbons (Fsp3) is 0.810. The first-order valence-corrected chi connectivity index (χ1v) is 10.4. The van der Waals surface area contributed by atoms with Crippen molar-refractivity contribution in [3.8, 4) is 0 Å². The Morgan fingerprint density at radius 1 is 0.889 bits per heavy atom. The molecular weight excluding hydrogens is 348 g/mol. The van der Waals surface area contributed by atoms with E-state index in [-0.39, 0.29) is 41.6 Å². The largest absolute Gasteiger partial charge is 0.462 e. The molecule has 6 heteroatoms. The van der Waals surface area contributed by atoms with Gasteiger partial charge in [-0.15, -0.1) is 0 Å². The van der Waals surface area contributed by atoms with E-state index in [1.807, 2.05) is 6.92 Å². The van der Waals surface area contributed by atoms with E-state index < -0.39 is 0 Å². The molecule has 0 N–H and O–H groups in total. The number of rotatable bonds is 11. The molecule has 152 valence electrons. The molecule has 0 amide bonds. The number of carbonyl (C=O) groups excluding carboxylic acids is 4. The van der Waals surface area contributed by atoms with Crippen molar-refractivity contribution in [3.63, 3.8) is 0 Å². The van der Waals surface area contributed by atoms with Crippen molar-refractivity contribution in [2.75, 3.05) is 0 Å². The van der Waals surface area contributed by atoms with Crippen molar-refractivity contribution in [1.82, 2.24) is 0 Å². The maximum atomic E-state index is 12.3. The fourth-order valence-electron chi connectivity index (χ4n) is 4.02. The number of Topliss-reactive ketones (excluding diaryl/α,β-unsaturated/α-hetero) is 2. The zero-order chi connectivity index (χ0) is 19.6. The van der Waals surface area contributed by atoms with Crippen molar-refractivity contribution in [2.24, 2.45) is 5.92 Å². The summed E-state index contributed by atoms with van der Waals surface area (Å²) < 4.78 is 11.0. The molecule has 27 heavy (non-hydrogen) atoms. The first kappa shape index (κ1) is 21.6. The van der Waals surface area contributed by atoms with Crippen LogP contribution in [0.1, 0.15) is 90.4 Å². The molecule has 2 aliphatic heterocycles. The van der Waals surface area contributed by atoms with Gasteiger partial charge in [0.2, 0.25) is 0 Å². The first-order valence-electron chi connectivity index (χ1n) is 10.4. The van der Waals surface area contributed by atoms with Crippen LogP contribution in [0.3, 0.4) is 0 Å². The van der Waals surface area contributed by atoms with E-state index in [2.05, 4.69) is 0 Å². The lowest BCUT2D eigenvalue weighted by Gasteiger charge is -2.36. The van der Waals surface area contributed by atoms with Crippen LogP contribution in [-0.2, 0) is 28.7 Å². The zero-order valence-corrected chi connectivity index (χ0v) is 16.4. The molecule has 2 aliphatic rings. The van der Waals surface area contributed by atoms with Gasteiger partial charge in [-0.25, -0.2) is 0 Å². The minimum Gasteiger partial charge on any atom is -0.462 e. The number of hydrogen-bond donors (Lipinski definition) is 0. The molecule has 0 spiro atoms. The van der Waals surface area contributed by atoms with Gasteiger partial charge >= 0.3 is 11.9 Å². The Balaban J connectivity index is 1.85. The van der Waals surface area contributed by atoms with Crippen LogP contribution in [0.25, 0.3) is 0 Å². The minimum absolute atomic E-state index is 0.119. The zero-order valence-electron chi connectivity index (χ0n) is 16.4. The topological polar surface area (TPSA) is 86.7 Å². The number of esters is 2. The number of ether oxygens (including phenoxy) is 2. The van der Waals surface area contributed by atoms with Crippen LogP contribution in [0.2, 0.25) is 0 Å². The van der Waals surface area contributed by atoms with Gasteiger partial charge in [0.25, 0.3) is 0 Å². The summed E-state index contributed by atoms with van der Waals surface area (Å²) in [6, 6.07) is 0. The average Bonchev–Trinajstić information content (AvgIpc) is 2.62. The minimum atomic E-state index is -0.277. The predicted molar refractivity (Wildman–Crippen MR) is 99.0 cm³/mol. The molecule has 2 fully saturated rings. The second-order valence-electron chi connectivity index (χ2n) is 7.72. The van der Waals surface area contributed by atoms with Crippen LogP contribution in [0.15, 0.2) is 0 Å². The molecule has 0 aromatic rings. The Morgan fingerprint density at radius 3 is 1.89 bits per heavy atom. The molecule has 0 aromatic heterocycles. The third-order valence-electron chi connectivity index (χ3n) is 5.46. The standard InChI is InChI=1S/C21H32O6/c1-2-6-15(22)7-3-8-16(23)13-14-17(18-9-4-11-20(24)26-18)19-10-5-12-21(25)27-19/h17-19H,2-14H2,1H3. The third kappa shape index (κ3) is 7.43. The Labute approximate surface area is 161 Å². The number of ketones is 2. The number of carbonyl (C=O) groups is 4. The summed E-state index contributed by atoms with van der Waals surface area (Å²) in [7, 11) is 0. The highest BCUT2D eigenvalue weighted by atomic mass is 16.6.